The molecule has 1 atom stereocenters. The summed E-state index contributed by atoms with van der Waals surface area (Å²) in [4.78, 5) is 0. The van der Waals surface area contributed by atoms with Crippen LogP contribution in [-0.4, -0.2) is 19.7 Å². The molecule has 0 saturated carbocycles. The second-order valence-electron chi connectivity index (χ2n) is 3.72. The van der Waals surface area contributed by atoms with Crippen molar-refractivity contribution in [1.29, 1.82) is 0 Å². The molecule has 0 radical (unpaired) electrons. The highest BCUT2D eigenvalue weighted by Gasteiger charge is 2.16. The van der Waals surface area contributed by atoms with Gasteiger partial charge in [-0.05, 0) is 25.1 Å². The molecule has 0 amide bonds. The van der Waals surface area contributed by atoms with Crippen molar-refractivity contribution >= 4 is 0 Å². The highest BCUT2D eigenvalue weighted by molar-refractivity contribution is 5.25. The van der Waals surface area contributed by atoms with Gasteiger partial charge in [-0.15, -0.1) is 0 Å². The van der Waals surface area contributed by atoms with Crippen LogP contribution in [0.3, 0.4) is 0 Å². The summed E-state index contributed by atoms with van der Waals surface area (Å²) in [7, 11) is 0. The van der Waals surface area contributed by atoms with Crippen molar-refractivity contribution < 1.29 is 13.5 Å². The van der Waals surface area contributed by atoms with E-state index in [0.29, 0.717) is 12.5 Å². The Morgan fingerprint density at radius 1 is 1.40 bits per heavy atom. The summed E-state index contributed by atoms with van der Waals surface area (Å²) in [6.07, 6.45) is 1.02. The van der Waals surface area contributed by atoms with Gasteiger partial charge in [-0.2, -0.15) is 4.39 Å². The molecule has 1 unspecified atom stereocenters. The lowest BCUT2D eigenvalue weighted by atomic mass is 10.1. The maximum Gasteiger partial charge on any atom is 0.200 e. The third kappa shape index (κ3) is 2.45. The minimum atomic E-state index is -0.900. The first-order chi connectivity index (χ1) is 7.27. The zero-order chi connectivity index (χ0) is 10.7. The van der Waals surface area contributed by atoms with E-state index in [1.165, 1.54) is 12.1 Å². The normalized spacial score (nSPS) is 20.5. The summed E-state index contributed by atoms with van der Waals surface area (Å²) >= 11 is 0. The molecule has 2 nitrogen and oxygen atoms in total. The molecule has 0 bridgehead atoms. The van der Waals surface area contributed by atoms with Crippen LogP contribution in [0.15, 0.2) is 18.2 Å². The van der Waals surface area contributed by atoms with Crippen molar-refractivity contribution in [1.82, 2.24) is 5.32 Å². The lowest BCUT2D eigenvalue weighted by molar-refractivity contribution is 0.246. The molecule has 1 aliphatic heterocycles. The van der Waals surface area contributed by atoms with Gasteiger partial charge in [0.25, 0.3) is 0 Å². The van der Waals surface area contributed by atoms with Crippen LogP contribution in [-0.2, 0) is 0 Å². The number of hydrogen-bond acceptors (Lipinski definition) is 2. The van der Waals surface area contributed by atoms with Crippen LogP contribution in [0.4, 0.5) is 8.78 Å². The van der Waals surface area contributed by atoms with E-state index in [4.69, 9.17) is 4.74 Å². The van der Waals surface area contributed by atoms with Crippen LogP contribution in [0.2, 0.25) is 0 Å². The lowest BCUT2D eigenvalue weighted by Gasteiger charge is -2.11. The van der Waals surface area contributed by atoms with Crippen molar-refractivity contribution in [3.05, 3.63) is 29.8 Å². The third-order valence-electron chi connectivity index (χ3n) is 2.55. The smallest absolute Gasteiger partial charge is 0.200 e. The molecule has 2 rings (SSSR count). The molecule has 1 fully saturated rings. The van der Waals surface area contributed by atoms with E-state index in [1.807, 2.05) is 0 Å². The predicted octanol–water partition coefficient (Wildman–Crippen LogP) is 1.95. The molecule has 1 heterocycles. The van der Waals surface area contributed by atoms with Gasteiger partial charge in [-0.3, -0.25) is 0 Å². The van der Waals surface area contributed by atoms with E-state index in [0.717, 1.165) is 25.6 Å². The molecular weight excluding hydrogens is 200 g/mol. The molecule has 1 aliphatic rings. The number of halogens is 2. The van der Waals surface area contributed by atoms with E-state index < -0.39 is 11.6 Å². The molecule has 15 heavy (non-hydrogen) atoms. The van der Waals surface area contributed by atoms with Crippen LogP contribution in [0.1, 0.15) is 6.42 Å². The zero-order valence-electron chi connectivity index (χ0n) is 8.30. The lowest BCUT2D eigenvalue weighted by Crippen LogP contribution is -2.16. The van der Waals surface area contributed by atoms with Crippen LogP contribution in [0, 0.1) is 17.6 Å². The zero-order valence-corrected chi connectivity index (χ0v) is 8.30. The fraction of sp³-hybridized carbons (Fsp3) is 0.455. The van der Waals surface area contributed by atoms with Gasteiger partial charge in [-0.1, -0.05) is 6.07 Å². The molecule has 0 spiro atoms. The first kappa shape index (κ1) is 10.4. The van der Waals surface area contributed by atoms with Crippen molar-refractivity contribution in [2.24, 2.45) is 5.92 Å². The van der Waals surface area contributed by atoms with E-state index in [2.05, 4.69) is 5.32 Å². The van der Waals surface area contributed by atoms with Gasteiger partial charge >= 0.3 is 0 Å². The molecule has 1 saturated heterocycles. The van der Waals surface area contributed by atoms with Crippen molar-refractivity contribution in [2.45, 2.75) is 6.42 Å². The van der Waals surface area contributed by atoms with E-state index in [-0.39, 0.29) is 5.75 Å². The monoisotopic (exact) mass is 213 g/mol. The second-order valence-corrected chi connectivity index (χ2v) is 3.72. The van der Waals surface area contributed by atoms with Gasteiger partial charge < -0.3 is 10.1 Å². The maximum absolute atomic E-state index is 13.2. The van der Waals surface area contributed by atoms with E-state index in [9.17, 15) is 8.78 Å². The Balaban J connectivity index is 1.95. The SMILES string of the molecule is Fc1cccc(OCC2CCNC2)c1F. The number of hydrogen-bond donors (Lipinski definition) is 1. The van der Waals surface area contributed by atoms with Gasteiger partial charge in [0.1, 0.15) is 0 Å². The Morgan fingerprint density at radius 3 is 3.00 bits per heavy atom. The topological polar surface area (TPSA) is 21.3 Å². The number of ether oxygens (including phenoxy) is 1. The predicted molar refractivity (Wildman–Crippen MR) is 52.8 cm³/mol. The molecular formula is C11H13F2NO. The van der Waals surface area contributed by atoms with Gasteiger partial charge in [0.15, 0.2) is 11.6 Å². The minimum absolute atomic E-state index is 0.00176. The fourth-order valence-corrected chi connectivity index (χ4v) is 1.66. The summed E-state index contributed by atoms with van der Waals surface area (Å²) in [5.41, 5.74) is 0. The van der Waals surface area contributed by atoms with E-state index >= 15 is 0 Å². The van der Waals surface area contributed by atoms with Gasteiger partial charge in [0, 0.05) is 12.5 Å². The summed E-state index contributed by atoms with van der Waals surface area (Å²) in [5, 5.41) is 3.19. The fourth-order valence-electron chi connectivity index (χ4n) is 1.66. The molecule has 0 aromatic heterocycles. The summed E-state index contributed by atoms with van der Waals surface area (Å²) in [5.74, 6) is -1.37. The highest BCUT2D eigenvalue weighted by Crippen LogP contribution is 2.20. The molecule has 1 aromatic rings. The van der Waals surface area contributed by atoms with Crippen molar-refractivity contribution in [2.75, 3.05) is 19.7 Å². The Hall–Kier alpha value is -1.16. The molecule has 1 N–H and O–H groups in total. The van der Waals surface area contributed by atoms with Gasteiger partial charge in [0.05, 0.1) is 6.61 Å². The molecule has 4 heteroatoms. The third-order valence-corrected chi connectivity index (χ3v) is 2.55. The van der Waals surface area contributed by atoms with Gasteiger partial charge in [-0.25, -0.2) is 4.39 Å². The summed E-state index contributed by atoms with van der Waals surface area (Å²) in [6.45, 7) is 2.30. The Kier molecular flexibility index (Phi) is 3.16. The standard InChI is InChI=1S/C11H13F2NO/c12-9-2-1-3-10(11(9)13)15-7-8-4-5-14-6-8/h1-3,8,14H,4-7H2. The highest BCUT2D eigenvalue weighted by atomic mass is 19.2. The average molecular weight is 213 g/mol. The molecule has 0 aliphatic carbocycles. The van der Waals surface area contributed by atoms with Crippen LogP contribution in [0.5, 0.6) is 5.75 Å². The minimum Gasteiger partial charge on any atom is -0.490 e. The van der Waals surface area contributed by atoms with Crippen LogP contribution < -0.4 is 10.1 Å². The maximum atomic E-state index is 13.2. The number of rotatable bonds is 3. The Morgan fingerprint density at radius 2 is 2.27 bits per heavy atom. The number of nitrogens with one attached hydrogen (secondary N) is 1. The Labute approximate surface area is 87.2 Å². The first-order valence-corrected chi connectivity index (χ1v) is 5.05. The molecule has 82 valence electrons. The Bertz CT molecular complexity index is 337. The second kappa shape index (κ2) is 4.57. The summed E-state index contributed by atoms with van der Waals surface area (Å²) < 4.78 is 31.2. The van der Waals surface area contributed by atoms with Gasteiger partial charge in [0.2, 0.25) is 5.82 Å². The van der Waals surface area contributed by atoms with E-state index in [1.54, 1.807) is 0 Å². The largest absolute Gasteiger partial charge is 0.490 e. The van der Waals surface area contributed by atoms with Crippen LogP contribution in [0.25, 0.3) is 0 Å². The quantitative estimate of drug-likeness (QED) is 0.828. The average Bonchev–Trinajstić information content (AvgIpc) is 2.73. The van der Waals surface area contributed by atoms with Crippen molar-refractivity contribution in [3.8, 4) is 5.75 Å². The van der Waals surface area contributed by atoms with Crippen molar-refractivity contribution in [3.63, 3.8) is 0 Å². The number of benzene rings is 1. The summed E-state index contributed by atoms with van der Waals surface area (Å²) in [6, 6.07) is 3.97. The van der Waals surface area contributed by atoms with Crippen LogP contribution >= 0.6 is 0 Å². The first-order valence-electron chi connectivity index (χ1n) is 5.05. The molecule has 1 aromatic carbocycles.